The van der Waals surface area contributed by atoms with Crippen molar-refractivity contribution in [3.63, 3.8) is 0 Å². The van der Waals surface area contributed by atoms with Crippen molar-refractivity contribution in [2.45, 2.75) is 24.9 Å². The summed E-state index contributed by atoms with van der Waals surface area (Å²) in [6.45, 7) is 5.31. The minimum absolute atomic E-state index is 0.0878. The van der Waals surface area contributed by atoms with Gasteiger partial charge in [0.2, 0.25) is 0 Å². The summed E-state index contributed by atoms with van der Waals surface area (Å²) >= 11 is 0. The molecule has 4 heteroatoms. The van der Waals surface area contributed by atoms with Crippen molar-refractivity contribution < 1.29 is 14.2 Å². The highest BCUT2D eigenvalue weighted by molar-refractivity contribution is 4.87. The molecule has 16 heavy (non-hydrogen) atoms. The van der Waals surface area contributed by atoms with Crippen LogP contribution in [0.1, 0.15) is 19.3 Å². The topological polar surface area (TPSA) is 39.7 Å². The van der Waals surface area contributed by atoms with Gasteiger partial charge in [-0.2, -0.15) is 0 Å². The van der Waals surface area contributed by atoms with Gasteiger partial charge in [-0.1, -0.05) is 0 Å². The van der Waals surface area contributed by atoms with Crippen molar-refractivity contribution in [3.8, 4) is 0 Å². The van der Waals surface area contributed by atoms with Crippen LogP contribution in [-0.4, -0.2) is 52.2 Å². The third-order valence-corrected chi connectivity index (χ3v) is 3.63. The minimum Gasteiger partial charge on any atom is -0.381 e. The molecule has 4 nitrogen and oxygen atoms in total. The van der Waals surface area contributed by atoms with Crippen LogP contribution in [0.3, 0.4) is 0 Å². The van der Waals surface area contributed by atoms with E-state index in [1.807, 2.05) is 0 Å². The van der Waals surface area contributed by atoms with Crippen LogP contribution in [0.5, 0.6) is 0 Å². The Morgan fingerprint density at radius 2 is 2.31 bits per heavy atom. The molecule has 2 atom stereocenters. The molecule has 2 aliphatic rings. The largest absolute Gasteiger partial charge is 0.381 e. The van der Waals surface area contributed by atoms with E-state index in [1.54, 1.807) is 7.11 Å². The SMILES string of the molecule is COC1(CNCC2CCCOC2)CCOC1. The van der Waals surface area contributed by atoms with Crippen molar-refractivity contribution in [1.29, 1.82) is 0 Å². The molecule has 2 heterocycles. The van der Waals surface area contributed by atoms with Gasteiger partial charge < -0.3 is 19.5 Å². The summed E-state index contributed by atoms with van der Waals surface area (Å²) in [5.74, 6) is 0.671. The fourth-order valence-corrected chi connectivity index (χ4v) is 2.43. The lowest BCUT2D eigenvalue weighted by atomic mass is 10.0. The Morgan fingerprint density at radius 1 is 1.38 bits per heavy atom. The molecular weight excluding hydrogens is 206 g/mol. The average molecular weight is 229 g/mol. The van der Waals surface area contributed by atoms with Gasteiger partial charge in [0.25, 0.3) is 0 Å². The molecule has 0 aliphatic carbocycles. The van der Waals surface area contributed by atoms with Gasteiger partial charge >= 0.3 is 0 Å². The minimum atomic E-state index is -0.0878. The zero-order valence-corrected chi connectivity index (χ0v) is 10.2. The smallest absolute Gasteiger partial charge is 0.106 e. The van der Waals surface area contributed by atoms with E-state index in [4.69, 9.17) is 14.2 Å². The van der Waals surface area contributed by atoms with Gasteiger partial charge in [0, 0.05) is 39.8 Å². The van der Waals surface area contributed by atoms with Gasteiger partial charge in [-0.05, 0) is 18.8 Å². The molecule has 2 saturated heterocycles. The zero-order chi connectivity index (χ0) is 11.3. The average Bonchev–Trinajstić information content (AvgIpc) is 2.80. The number of nitrogens with one attached hydrogen (secondary N) is 1. The third-order valence-electron chi connectivity index (χ3n) is 3.63. The zero-order valence-electron chi connectivity index (χ0n) is 10.2. The predicted octanol–water partition coefficient (Wildman–Crippen LogP) is 0.808. The fourth-order valence-electron chi connectivity index (χ4n) is 2.43. The first-order valence-corrected chi connectivity index (χ1v) is 6.26. The Morgan fingerprint density at radius 3 is 2.94 bits per heavy atom. The second-order valence-electron chi connectivity index (χ2n) is 4.90. The molecular formula is C12H23NO3. The van der Waals surface area contributed by atoms with Crippen molar-refractivity contribution in [1.82, 2.24) is 5.32 Å². The first kappa shape index (κ1) is 12.3. The summed E-state index contributed by atoms with van der Waals surface area (Å²) in [5.41, 5.74) is -0.0878. The highest BCUT2D eigenvalue weighted by atomic mass is 16.5. The first-order valence-electron chi connectivity index (χ1n) is 6.26. The van der Waals surface area contributed by atoms with Crippen LogP contribution < -0.4 is 5.32 Å². The molecule has 0 aromatic carbocycles. The number of rotatable bonds is 5. The lowest BCUT2D eigenvalue weighted by Crippen LogP contribution is -2.44. The monoisotopic (exact) mass is 229 g/mol. The van der Waals surface area contributed by atoms with Crippen LogP contribution in [-0.2, 0) is 14.2 Å². The summed E-state index contributed by atoms with van der Waals surface area (Å²) in [7, 11) is 1.78. The summed E-state index contributed by atoms with van der Waals surface area (Å²) in [4.78, 5) is 0. The molecule has 2 fully saturated rings. The molecule has 2 unspecified atom stereocenters. The normalized spacial score (nSPS) is 35.4. The van der Waals surface area contributed by atoms with Crippen molar-refractivity contribution in [2.75, 3.05) is 46.6 Å². The van der Waals surface area contributed by atoms with E-state index < -0.39 is 0 Å². The highest BCUT2D eigenvalue weighted by Crippen LogP contribution is 2.21. The van der Waals surface area contributed by atoms with Crippen LogP contribution in [0.15, 0.2) is 0 Å². The number of hydrogen-bond acceptors (Lipinski definition) is 4. The van der Waals surface area contributed by atoms with E-state index in [-0.39, 0.29) is 5.60 Å². The number of ether oxygens (including phenoxy) is 3. The van der Waals surface area contributed by atoms with Crippen LogP contribution >= 0.6 is 0 Å². The van der Waals surface area contributed by atoms with Crippen molar-refractivity contribution in [3.05, 3.63) is 0 Å². The maximum absolute atomic E-state index is 5.57. The summed E-state index contributed by atoms with van der Waals surface area (Å²) in [6.07, 6.45) is 3.48. The molecule has 0 amide bonds. The van der Waals surface area contributed by atoms with Gasteiger partial charge in [0.1, 0.15) is 5.60 Å². The molecule has 0 aromatic rings. The van der Waals surface area contributed by atoms with E-state index in [2.05, 4.69) is 5.32 Å². The Balaban J connectivity index is 1.66. The van der Waals surface area contributed by atoms with E-state index in [1.165, 1.54) is 12.8 Å². The van der Waals surface area contributed by atoms with Crippen LogP contribution in [0.4, 0.5) is 0 Å². The van der Waals surface area contributed by atoms with Gasteiger partial charge in [-0.15, -0.1) is 0 Å². The summed E-state index contributed by atoms with van der Waals surface area (Å²) in [5, 5.41) is 3.50. The van der Waals surface area contributed by atoms with Gasteiger partial charge in [-0.3, -0.25) is 0 Å². The first-order chi connectivity index (χ1) is 7.85. The van der Waals surface area contributed by atoms with Crippen LogP contribution in [0.2, 0.25) is 0 Å². The van der Waals surface area contributed by atoms with E-state index in [0.717, 1.165) is 45.9 Å². The second-order valence-corrected chi connectivity index (χ2v) is 4.90. The van der Waals surface area contributed by atoms with E-state index >= 15 is 0 Å². The number of hydrogen-bond donors (Lipinski definition) is 1. The molecule has 0 radical (unpaired) electrons. The Bertz CT molecular complexity index is 198. The maximum atomic E-state index is 5.57. The molecule has 1 N–H and O–H groups in total. The lowest BCUT2D eigenvalue weighted by molar-refractivity contribution is -0.0180. The van der Waals surface area contributed by atoms with E-state index in [9.17, 15) is 0 Å². The fraction of sp³-hybridized carbons (Fsp3) is 1.00. The molecule has 2 aliphatic heterocycles. The molecule has 0 aromatic heterocycles. The van der Waals surface area contributed by atoms with E-state index in [0.29, 0.717) is 5.92 Å². The van der Waals surface area contributed by atoms with Crippen molar-refractivity contribution in [2.24, 2.45) is 5.92 Å². The molecule has 0 spiro atoms. The Hall–Kier alpha value is -0.160. The van der Waals surface area contributed by atoms with Crippen molar-refractivity contribution >= 4 is 0 Å². The summed E-state index contributed by atoms with van der Waals surface area (Å²) < 4.78 is 16.4. The Labute approximate surface area is 97.6 Å². The summed E-state index contributed by atoms with van der Waals surface area (Å²) in [6, 6.07) is 0. The maximum Gasteiger partial charge on any atom is 0.106 e. The van der Waals surface area contributed by atoms with Gasteiger partial charge in [0.15, 0.2) is 0 Å². The quantitative estimate of drug-likeness (QED) is 0.757. The molecule has 94 valence electrons. The standard InChI is InChI=1S/C12H23NO3/c1-14-12(4-6-16-10-12)9-13-7-11-3-2-5-15-8-11/h11,13H,2-10H2,1H3. The predicted molar refractivity (Wildman–Crippen MR) is 61.6 cm³/mol. The van der Waals surface area contributed by atoms with Gasteiger partial charge in [-0.25, -0.2) is 0 Å². The van der Waals surface area contributed by atoms with Gasteiger partial charge in [0.05, 0.1) is 13.2 Å². The second kappa shape index (κ2) is 5.96. The number of methoxy groups -OCH3 is 1. The molecule has 2 rings (SSSR count). The molecule has 0 bridgehead atoms. The van der Waals surface area contributed by atoms with Crippen LogP contribution in [0, 0.1) is 5.92 Å². The highest BCUT2D eigenvalue weighted by Gasteiger charge is 2.34. The lowest BCUT2D eigenvalue weighted by Gasteiger charge is -2.28. The molecule has 0 saturated carbocycles. The van der Waals surface area contributed by atoms with Crippen LogP contribution in [0.25, 0.3) is 0 Å². The third kappa shape index (κ3) is 3.17. The Kier molecular flexibility index (Phi) is 4.58.